The normalized spacial score (nSPS) is 58.5. The van der Waals surface area contributed by atoms with Crippen molar-refractivity contribution in [3.8, 4) is 0 Å². The molecule has 3 unspecified atom stereocenters. The largest absolute Gasteiger partial charge is 0.393 e. The number of rotatable bonds is 1. The summed E-state index contributed by atoms with van der Waals surface area (Å²) in [7, 11) is 0. The van der Waals surface area contributed by atoms with E-state index in [1.165, 1.54) is 44.9 Å². The molecule has 0 saturated heterocycles. The minimum atomic E-state index is -0.426. The number of hydrogen-bond acceptors (Lipinski definition) is 2. The van der Waals surface area contributed by atoms with Crippen LogP contribution in [0, 0.1) is 40.4 Å². The highest BCUT2D eigenvalue weighted by atomic mass is 16.3. The number of aliphatic hydroxyl groups excluding tert-OH is 1. The molecule has 0 heterocycles. The average molecular weight is 335 g/mol. The van der Waals surface area contributed by atoms with Crippen LogP contribution < -0.4 is 0 Å². The van der Waals surface area contributed by atoms with Crippen molar-refractivity contribution in [2.75, 3.05) is 0 Å². The van der Waals surface area contributed by atoms with E-state index >= 15 is 0 Å². The van der Waals surface area contributed by atoms with Gasteiger partial charge in [0.15, 0.2) is 0 Å². The van der Waals surface area contributed by atoms with Crippen LogP contribution in [-0.4, -0.2) is 21.9 Å². The molecular weight excluding hydrogens is 296 g/mol. The Hall–Kier alpha value is -0.0800. The summed E-state index contributed by atoms with van der Waals surface area (Å²) in [6.45, 7) is 9.14. The minimum Gasteiger partial charge on any atom is -0.393 e. The molecule has 9 atom stereocenters. The first-order valence-electron chi connectivity index (χ1n) is 10.6. The van der Waals surface area contributed by atoms with Gasteiger partial charge in [-0.05, 0) is 112 Å². The molecule has 0 spiro atoms. The molecule has 4 rings (SSSR count). The van der Waals surface area contributed by atoms with Gasteiger partial charge in [0, 0.05) is 0 Å². The minimum absolute atomic E-state index is 0.145. The first-order valence-corrected chi connectivity index (χ1v) is 10.6. The van der Waals surface area contributed by atoms with Crippen molar-refractivity contribution in [2.45, 2.75) is 97.2 Å². The van der Waals surface area contributed by atoms with Gasteiger partial charge in [-0.3, -0.25) is 0 Å². The van der Waals surface area contributed by atoms with Crippen LogP contribution in [0.15, 0.2) is 0 Å². The van der Waals surface area contributed by atoms with E-state index in [1.54, 1.807) is 0 Å². The summed E-state index contributed by atoms with van der Waals surface area (Å²) in [5.74, 6) is 3.80. The van der Waals surface area contributed by atoms with Crippen LogP contribution in [0.3, 0.4) is 0 Å². The molecular formula is C22H38O2. The van der Waals surface area contributed by atoms with Gasteiger partial charge in [0.05, 0.1) is 11.7 Å². The molecule has 24 heavy (non-hydrogen) atoms. The van der Waals surface area contributed by atoms with E-state index in [1.807, 2.05) is 6.92 Å². The highest BCUT2D eigenvalue weighted by molar-refractivity contribution is 5.10. The second kappa shape index (κ2) is 5.46. The summed E-state index contributed by atoms with van der Waals surface area (Å²) < 4.78 is 0. The van der Waals surface area contributed by atoms with Gasteiger partial charge in [-0.2, -0.15) is 0 Å². The van der Waals surface area contributed by atoms with Crippen LogP contribution in [-0.2, 0) is 0 Å². The molecule has 138 valence electrons. The van der Waals surface area contributed by atoms with Crippen molar-refractivity contribution in [2.24, 2.45) is 40.4 Å². The van der Waals surface area contributed by atoms with Crippen LogP contribution in [0.2, 0.25) is 0 Å². The third-order valence-electron chi connectivity index (χ3n) is 9.61. The quantitative estimate of drug-likeness (QED) is 0.724. The molecule has 4 saturated carbocycles. The second-order valence-corrected chi connectivity index (χ2v) is 10.8. The SMILES string of the molecule is CC(O)[C@H]1CC[C@H]2[C@@H]3CCC4CC(C)(O)CC[C@]4(C)[C@H]3CC[C@]12C. The van der Waals surface area contributed by atoms with Crippen molar-refractivity contribution < 1.29 is 10.2 Å². The predicted octanol–water partition coefficient (Wildman–Crippen LogP) is 4.78. The number of hydrogen-bond donors (Lipinski definition) is 2. The summed E-state index contributed by atoms with van der Waals surface area (Å²) in [4.78, 5) is 0. The summed E-state index contributed by atoms with van der Waals surface area (Å²) in [6.07, 6.45) is 11.0. The van der Waals surface area contributed by atoms with E-state index in [2.05, 4.69) is 20.8 Å². The van der Waals surface area contributed by atoms with Crippen molar-refractivity contribution in [3.05, 3.63) is 0 Å². The van der Waals surface area contributed by atoms with Gasteiger partial charge >= 0.3 is 0 Å². The lowest BCUT2D eigenvalue weighted by Gasteiger charge is -2.62. The third-order valence-corrected chi connectivity index (χ3v) is 9.61. The Morgan fingerprint density at radius 3 is 2.25 bits per heavy atom. The lowest BCUT2D eigenvalue weighted by atomic mass is 9.44. The lowest BCUT2D eigenvalue weighted by Crippen LogP contribution is -2.55. The first-order chi connectivity index (χ1) is 11.2. The topological polar surface area (TPSA) is 40.5 Å². The van der Waals surface area contributed by atoms with Gasteiger partial charge in [0.25, 0.3) is 0 Å². The fourth-order valence-electron chi connectivity index (χ4n) is 8.26. The standard InChI is InChI=1S/C22H38O2/c1-14(23)17-7-8-18-16-6-5-15-13-20(2,24)11-12-21(15,3)19(16)9-10-22(17,18)4/h14-19,23-24H,5-13H2,1-4H3/t14?,15?,16-,17+,18-,19-,20?,21-,22+/m0/s1. The van der Waals surface area contributed by atoms with E-state index in [0.29, 0.717) is 16.7 Å². The van der Waals surface area contributed by atoms with Gasteiger partial charge < -0.3 is 10.2 Å². The summed E-state index contributed by atoms with van der Waals surface area (Å²) in [6, 6.07) is 0. The molecule has 4 aliphatic carbocycles. The van der Waals surface area contributed by atoms with Crippen molar-refractivity contribution in [1.82, 2.24) is 0 Å². The number of aliphatic hydroxyl groups is 2. The Bertz CT molecular complexity index is 498. The monoisotopic (exact) mass is 334 g/mol. The molecule has 2 nitrogen and oxygen atoms in total. The van der Waals surface area contributed by atoms with Crippen LogP contribution >= 0.6 is 0 Å². The fraction of sp³-hybridized carbons (Fsp3) is 1.00. The van der Waals surface area contributed by atoms with Gasteiger partial charge in [-0.25, -0.2) is 0 Å². The van der Waals surface area contributed by atoms with Crippen LogP contribution in [0.4, 0.5) is 0 Å². The van der Waals surface area contributed by atoms with E-state index in [0.717, 1.165) is 36.5 Å². The Balaban J connectivity index is 1.60. The summed E-state index contributed by atoms with van der Waals surface area (Å²) in [5.41, 5.74) is 0.402. The molecule has 0 aromatic rings. The number of fused-ring (bicyclic) bond motifs is 5. The molecule has 4 fully saturated rings. The smallest absolute Gasteiger partial charge is 0.0622 e. The highest BCUT2D eigenvalue weighted by Gasteiger charge is 2.61. The molecule has 0 bridgehead atoms. The first kappa shape index (κ1) is 17.3. The Labute approximate surface area is 148 Å². The predicted molar refractivity (Wildman–Crippen MR) is 97.5 cm³/mol. The van der Waals surface area contributed by atoms with E-state index in [9.17, 15) is 10.2 Å². The molecule has 0 aromatic carbocycles. The Morgan fingerprint density at radius 2 is 1.54 bits per heavy atom. The van der Waals surface area contributed by atoms with E-state index in [4.69, 9.17) is 0 Å². The molecule has 0 amide bonds. The van der Waals surface area contributed by atoms with Crippen molar-refractivity contribution >= 4 is 0 Å². The molecule has 0 aliphatic heterocycles. The molecule has 0 radical (unpaired) electrons. The maximum Gasteiger partial charge on any atom is 0.0622 e. The van der Waals surface area contributed by atoms with Gasteiger partial charge in [-0.1, -0.05) is 13.8 Å². The average Bonchev–Trinajstić information content (AvgIpc) is 2.85. The molecule has 0 aromatic heterocycles. The Kier molecular flexibility index (Phi) is 3.94. The van der Waals surface area contributed by atoms with Crippen molar-refractivity contribution in [1.29, 1.82) is 0 Å². The third kappa shape index (κ3) is 2.35. The summed E-state index contributed by atoms with van der Waals surface area (Å²) >= 11 is 0. The van der Waals surface area contributed by atoms with Crippen LogP contribution in [0.25, 0.3) is 0 Å². The van der Waals surface area contributed by atoms with E-state index < -0.39 is 5.60 Å². The van der Waals surface area contributed by atoms with E-state index in [-0.39, 0.29) is 6.10 Å². The zero-order valence-corrected chi connectivity index (χ0v) is 16.2. The van der Waals surface area contributed by atoms with Crippen molar-refractivity contribution in [3.63, 3.8) is 0 Å². The highest BCUT2D eigenvalue weighted by Crippen LogP contribution is 2.68. The maximum atomic E-state index is 10.6. The molecule has 2 heteroatoms. The Morgan fingerprint density at radius 1 is 0.833 bits per heavy atom. The van der Waals surface area contributed by atoms with Crippen LogP contribution in [0.5, 0.6) is 0 Å². The lowest BCUT2D eigenvalue weighted by molar-refractivity contribution is -0.149. The van der Waals surface area contributed by atoms with Gasteiger partial charge in [0.2, 0.25) is 0 Å². The zero-order valence-electron chi connectivity index (χ0n) is 16.2. The second-order valence-electron chi connectivity index (χ2n) is 10.8. The van der Waals surface area contributed by atoms with Gasteiger partial charge in [0.1, 0.15) is 0 Å². The molecule has 4 aliphatic rings. The fourth-order valence-corrected chi connectivity index (χ4v) is 8.26. The van der Waals surface area contributed by atoms with Gasteiger partial charge in [-0.15, -0.1) is 0 Å². The van der Waals surface area contributed by atoms with Crippen LogP contribution in [0.1, 0.15) is 85.5 Å². The summed E-state index contributed by atoms with van der Waals surface area (Å²) in [5, 5.41) is 20.9. The maximum absolute atomic E-state index is 10.6. The zero-order chi connectivity index (χ0) is 17.3. The molecule has 2 N–H and O–H groups in total.